The normalized spacial score (nSPS) is 20.3. The number of hydrogen-bond donors (Lipinski definition) is 3. The summed E-state index contributed by atoms with van der Waals surface area (Å²) < 4.78 is 0. The highest BCUT2D eigenvalue weighted by molar-refractivity contribution is 5.74. The van der Waals surface area contributed by atoms with Crippen LogP contribution in [-0.4, -0.2) is 17.6 Å². The van der Waals surface area contributed by atoms with Gasteiger partial charge in [0, 0.05) is 0 Å². The summed E-state index contributed by atoms with van der Waals surface area (Å²) in [6.45, 7) is 0.989. The Bertz CT molecular complexity index is 112. The van der Waals surface area contributed by atoms with E-state index in [9.17, 15) is 0 Å². The van der Waals surface area contributed by atoms with Crippen LogP contribution in [0.1, 0.15) is 25.7 Å². The minimum absolute atomic E-state index is 0.868. The average molecular weight is 129 g/mol. The lowest BCUT2D eigenvalue weighted by molar-refractivity contribution is -0.461. The lowest BCUT2D eigenvalue weighted by atomic mass is 10.2. The highest BCUT2D eigenvalue weighted by Gasteiger charge is 2.06. The van der Waals surface area contributed by atoms with Crippen LogP contribution in [0.25, 0.3) is 0 Å². The van der Waals surface area contributed by atoms with Crippen molar-refractivity contribution in [2.24, 2.45) is 0 Å². The lowest BCUT2D eigenvalue weighted by Crippen LogP contribution is -2.75. The molecule has 0 fully saturated rings. The first-order valence-corrected chi connectivity index (χ1v) is 3.43. The second kappa shape index (κ2) is 3.45. The molecule has 0 aromatic heterocycles. The Morgan fingerprint density at radius 1 is 1.33 bits per heavy atom. The molecule has 0 aliphatic carbocycles. The Labute approximate surface area is 54.8 Å². The fourth-order valence-corrected chi connectivity index (χ4v) is 1.03. The number of hydrogen-bond acceptors (Lipinski definition) is 2. The quantitative estimate of drug-likeness (QED) is 0.368. The molecule has 0 amide bonds. The van der Waals surface area contributed by atoms with E-state index in [1.54, 1.807) is 0 Å². The summed E-state index contributed by atoms with van der Waals surface area (Å²) in [5.74, 6) is 0.868. The molecule has 3 nitrogen and oxygen atoms in total. The van der Waals surface area contributed by atoms with Crippen LogP contribution in [-0.2, 0) is 0 Å². The van der Waals surface area contributed by atoms with Crippen LogP contribution in [0.4, 0.5) is 0 Å². The molecule has 0 aromatic carbocycles. The first-order valence-electron chi connectivity index (χ1n) is 3.43. The van der Waals surface area contributed by atoms with Crippen LogP contribution in [0.5, 0.6) is 0 Å². The lowest BCUT2D eigenvalue weighted by Gasteiger charge is -1.89. The molecule has 3 heteroatoms. The Hall–Kier alpha value is -0.570. The maximum absolute atomic E-state index is 8.47. The molecular formula is C6H13N2O+. The van der Waals surface area contributed by atoms with E-state index in [4.69, 9.17) is 5.21 Å². The van der Waals surface area contributed by atoms with Crippen molar-refractivity contribution in [3.63, 3.8) is 0 Å². The molecule has 0 unspecified atom stereocenters. The Balaban J connectivity index is 2.37. The molecule has 52 valence electrons. The molecule has 1 aliphatic rings. The first-order chi connectivity index (χ1) is 4.43. The largest absolute Gasteiger partial charge is 0.276 e. The van der Waals surface area contributed by atoms with Gasteiger partial charge in [-0.1, -0.05) is 0 Å². The molecule has 0 spiro atoms. The number of hydroxylamine groups is 1. The molecule has 0 saturated carbocycles. The standard InChI is InChI=1S/C6H12N2O/c9-8-6-4-2-1-3-5-7-6/h9H,1-5H2,(H,7,8)/p+1. The molecule has 0 aromatic rings. The van der Waals surface area contributed by atoms with Crippen molar-refractivity contribution in [3.05, 3.63) is 0 Å². The van der Waals surface area contributed by atoms with Crippen LogP contribution in [0.2, 0.25) is 0 Å². The summed E-state index contributed by atoms with van der Waals surface area (Å²) in [5.41, 5.74) is 2.15. The van der Waals surface area contributed by atoms with Gasteiger partial charge in [-0.25, -0.2) is 5.21 Å². The predicted octanol–water partition coefficient (Wildman–Crippen LogP) is -0.982. The molecule has 3 N–H and O–H groups in total. The average Bonchev–Trinajstić information content (AvgIpc) is 2.13. The van der Waals surface area contributed by atoms with E-state index in [-0.39, 0.29) is 0 Å². The van der Waals surface area contributed by atoms with Crippen molar-refractivity contribution in [2.75, 3.05) is 6.54 Å². The van der Waals surface area contributed by atoms with E-state index >= 15 is 0 Å². The van der Waals surface area contributed by atoms with E-state index in [1.165, 1.54) is 19.3 Å². The third kappa shape index (κ3) is 2.01. The molecular weight excluding hydrogens is 116 g/mol. The maximum Gasteiger partial charge on any atom is 0.272 e. The topological polar surface area (TPSA) is 46.2 Å². The smallest absolute Gasteiger partial charge is 0.272 e. The number of rotatable bonds is 0. The molecule has 0 radical (unpaired) electrons. The summed E-state index contributed by atoms with van der Waals surface area (Å²) in [6.07, 6.45) is 4.61. The predicted molar refractivity (Wildman–Crippen MR) is 34.2 cm³/mol. The highest BCUT2D eigenvalue weighted by atomic mass is 16.5. The molecule has 1 aliphatic heterocycles. The van der Waals surface area contributed by atoms with E-state index in [0.29, 0.717) is 0 Å². The maximum atomic E-state index is 8.47. The van der Waals surface area contributed by atoms with Crippen LogP contribution in [0.3, 0.4) is 0 Å². The van der Waals surface area contributed by atoms with Gasteiger partial charge in [-0.3, -0.25) is 4.99 Å². The summed E-state index contributed by atoms with van der Waals surface area (Å²) in [7, 11) is 0. The number of nitrogens with one attached hydrogen (secondary N) is 2. The van der Waals surface area contributed by atoms with Crippen LogP contribution >= 0.6 is 0 Å². The van der Waals surface area contributed by atoms with Crippen molar-refractivity contribution >= 4 is 5.84 Å². The van der Waals surface area contributed by atoms with Crippen molar-refractivity contribution in [1.82, 2.24) is 5.48 Å². The molecule has 9 heavy (non-hydrogen) atoms. The zero-order chi connectivity index (χ0) is 6.53. The molecule has 1 heterocycles. The fourth-order valence-electron chi connectivity index (χ4n) is 1.03. The highest BCUT2D eigenvalue weighted by Crippen LogP contribution is 1.98. The van der Waals surface area contributed by atoms with Gasteiger partial charge in [0.2, 0.25) is 0 Å². The SMILES string of the molecule is ONC1=[NH+]CCCCC1. The van der Waals surface area contributed by atoms with Crippen molar-refractivity contribution in [1.29, 1.82) is 0 Å². The van der Waals surface area contributed by atoms with Gasteiger partial charge in [0.15, 0.2) is 0 Å². The molecule has 0 bridgehead atoms. The first kappa shape index (κ1) is 6.55. The van der Waals surface area contributed by atoms with Gasteiger partial charge < -0.3 is 0 Å². The summed E-state index contributed by atoms with van der Waals surface area (Å²) in [4.78, 5) is 3.09. The van der Waals surface area contributed by atoms with Gasteiger partial charge in [0.05, 0.1) is 13.0 Å². The Kier molecular flexibility index (Phi) is 2.51. The van der Waals surface area contributed by atoms with Gasteiger partial charge in [-0.15, -0.1) is 5.48 Å². The van der Waals surface area contributed by atoms with Gasteiger partial charge >= 0.3 is 0 Å². The van der Waals surface area contributed by atoms with Crippen LogP contribution < -0.4 is 10.5 Å². The van der Waals surface area contributed by atoms with Crippen LogP contribution in [0, 0.1) is 0 Å². The molecule has 0 atom stereocenters. The van der Waals surface area contributed by atoms with Gasteiger partial charge in [-0.2, -0.15) is 0 Å². The van der Waals surface area contributed by atoms with E-state index in [0.717, 1.165) is 18.8 Å². The summed E-state index contributed by atoms with van der Waals surface area (Å²) >= 11 is 0. The van der Waals surface area contributed by atoms with Crippen LogP contribution in [0.15, 0.2) is 0 Å². The molecule has 0 saturated heterocycles. The second-order valence-electron chi connectivity index (χ2n) is 2.33. The Morgan fingerprint density at radius 2 is 2.22 bits per heavy atom. The molecule has 1 rings (SSSR count). The minimum Gasteiger partial charge on any atom is -0.276 e. The van der Waals surface area contributed by atoms with E-state index < -0.39 is 0 Å². The Morgan fingerprint density at radius 3 is 3.00 bits per heavy atom. The number of amidine groups is 1. The third-order valence-electron chi connectivity index (χ3n) is 1.58. The zero-order valence-corrected chi connectivity index (χ0v) is 5.48. The van der Waals surface area contributed by atoms with Gasteiger partial charge in [0.1, 0.15) is 0 Å². The van der Waals surface area contributed by atoms with Crippen molar-refractivity contribution in [2.45, 2.75) is 25.7 Å². The summed E-state index contributed by atoms with van der Waals surface area (Å²) in [6, 6.07) is 0. The monoisotopic (exact) mass is 129 g/mol. The van der Waals surface area contributed by atoms with Crippen molar-refractivity contribution in [3.8, 4) is 0 Å². The van der Waals surface area contributed by atoms with Gasteiger partial charge in [-0.05, 0) is 19.3 Å². The fraction of sp³-hybridized carbons (Fsp3) is 0.833. The van der Waals surface area contributed by atoms with E-state index in [2.05, 4.69) is 10.5 Å². The van der Waals surface area contributed by atoms with Gasteiger partial charge in [0.25, 0.3) is 5.84 Å². The zero-order valence-electron chi connectivity index (χ0n) is 5.48. The third-order valence-corrected chi connectivity index (χ3v) is 1.58. The van der Waals surface area contributed by atoms with E-state index in [1.807, 2.05) is 0 Å². The summed E-state index contributed by atoms with van der Waals surface area (Å²) in [5, 5.41) is 8.47. The second-order valence-corrected chi connectivity index (χ2v) is 2.33. The van der Waals surface area contributed by atoms with Crippen molar-refractivity contribution < 1.29 is 10.2 Å². The minimum atomic E-state index is 0.868.